The van der Waals surface area contributed by atoms with Gasteiger partial charge in [0.15, 0.2) is 0 Å². The summed E-state index contributed by atoms with van der Waals surface area (Å²) in [4.78, 5) is 5.52. The van der Waals surface area contributed by atoms with Crippen LogP contribution in [0.3, 0.4) is 0 Å². The molecule has 46 heavy (non-hydrogen) atoms. The molecular weight excluding hydrogens is 555 g/mol. The van der Waals surface area contributed by atoms with Crippen LogP contribution in [0.2, 0.25) is 0 Å². The molecule has 214 valence electrons. The molecule has 0 amide bonds. The molecule has 0 unspecified atom stereocenters. The fourth-order valence-corrected chi connectivity index (χ4v) is 7.35. The van der Waals surface area contributed by atoms with E-state index in [4.69, 9.17) is 4.98 Å². The molecule has 0 aliphatic heterocycles. The van der Waals surface area contributed by atoms with E-state index in [1.807, 2.05) is 0 Å². The van der Waals surface area contributed by atoms with E-state index >= 15 is 0 Å². The van der Waals surface area contributed by atoms with Gasteiger partial charge in [-0.15, -0.1) is 0 Å². The van der Waals surface area contributed by atoms with Gasteiger partial charge in [-0.05, 0) is 77.5 Å². The van der Waals surface area contributed by atoms with E-state index in [1.54, 1.807) is 0 Å². The lowest BCUT2D eigenvalue weighted by atomic mass is 9.86. The van der Waals surface area contributed by atoms with Crippen molar-refractivity contribution in [3.05, 3.63) is 176 Å². The predicted octanol–water partition coefficient (Wildman–Crippen LogP) is 12.4. The Morgan fingerprint density at radius 3 is 0.783 bits per heavy atom. The molecule has 1 heteroatoms. The summed E-state index contributed by atoms with van der Waals surface area (Å²) in [7, 11) is 0. The zero-order valence-electron chi connectivity index (χ0n) is 25.2. The average Bonchev–Trinajstić information content (AvgIpc) is 3.13. The maximum Gasteiger partial charge on any atom is 0.0722 e. The third-order valence-electron chi connectivity index (χ3n) is 9.25. The predicted molar refractivity (Wildman–Crippen MR) is 196 cm³/mol. The number of nitrogens with zero attached hydrogens (tertiary/aromatic N) is 1. The summed E-state index contributed by atoms with van der Waals surface area (Å²) >= 11 is 0. The molecule has 0 saturated carbocycles. The van der Waals surface area contributed by atoms with Gasteiger partial charge in [-0.25, -0.2) is 4.98 Å². The van der Waals surface area contributed by atoms with Gasteiger partial charge in [0.05, 0.1) is 11.4 Å². The molecule has 9 rings (SSSR count). The number of rotatable bonds is 4. The Hall–Kier alpha value is -6.05. The second-order valence-corrected chi connectivity index (χ2v) is 11.8. The van der Waals surface area contributed by atoms with Crippen LogP contribution in [0.25, 0.3) is 87.9 Å². The van der Waals surface area contributed by atoms with E-state index in [9.17, 15) is 0 Å². The standard InChI is InChI=1S/C45H29N/c1-3-16-30(17-4-1)42-32-20-7-11-24-36(32)44(37-25-12-8-21-33(37)42)40-28-15-29-41(46-40)45-38-26-13-9-22-34(38)43(31-18-5-2-6-19-31)35-23-10-14-27-39(35)45/h1-29H. The average molecular weight is 584 g/mol. The summed E-state index contributed by atoms with van der Waals surface area (Å²) in [6, 6.07) is 63.1. The van der Waals surface area contributed by atoms with Crippen LogP contribution in [-0.2, 0) is 0 Å². The number of aromatic nitrogens is 1. The highest BCUT2D eigenvalue weighted by Gasteiger charge is 2.20. The number of hydrogen-bond donors (Lipinski definition) is 0. The minimum atomic E-state index is 0.977. The highest BCUT2D eigenvalue weighted by atomic mass is 14.7. The summed E-state index contributed by atoms with van der Waals surface area (Å²) < 4.78 is 0. The fraction of sp³-hybridized carbons (Fsp3) is 0. The van der Waals surface area contributed by atoms with Crippen molar-refractivity contribution in [2.45, 2.75) is 0 Å². The van der Waals surface area contributed by atoms with E-state index < -0.39 is 0 Å². The lowest BCUT2D eigenvalue weighted by molar-refractivity contribution is 1.34. The van der Waals surface area contributed by atoms with Crippen LogP contribution in [0.15, 0.2) is 176 Å². The van der Waals surface area contributed by atoms with Gasteiger partial charge in [0.1, 0.15) is 0 Å². The third kappa shape index (κ3) is 4.13. The molecule has 1 nitrogen and oxygen atoms in total. The molecule has 0 spiro atoms. The Kier molecular flexibility index (Phi) is 6.21. The van der Waals surface area contributed by atoms with E-state index in [-0.39, 0.29) is 0 Å². The van der Waals surface area contributed by atoms with Crippen molar-refractivity contribution in [3.8, 4) is 44.8 Å². The Labute approximate surface area is 268 Å². The first-order valence-corrected chi connectivity index (χ1v) is 15.8. The zero-order chi connectivity index (χ0) is 30.5. The largest absolute Gasteiger partial charge is 0.248 e. The van der Waals surface area contributed by atoms with Crippen LogP contribution >= 0.6 is 0 Å². The van der Waals surface area contributed by atoms with Crippen molar-refractivity contribution in [1.82, 2.24) is 4.98 Å². The molecule has 0 aliphatic carbocycles. The molecule has 9 aromatic rings. The van der Waals surface area contributed by atoms with E-state index in [0.29, 0.717) is 0 Å². The molecule has 0 radical (unpaired) electrons. The van der Waals surface area contributed by atoms with Crippen LogP contribution < -0.4 is 0 Å². The Morgan fingerprint density at radius 2 is 0.478 bits per heavy atom. The van der Waals surface area contributed by atoms with Crippen LogP contribution in [0.5, 0.6) is 0 Å². The van der Waals surface area contributed by atoms with E-state index in [2.05, 4.69) is 176 Å². The van der Waals surface area contributed by atoms with Crippen molar-refractivity contribution in [2.75, 3.05) is 0 Å². The molecule has 0 bridgehead atoms. The maximum absolute atomic E-state index is 5.52. The van der Waals surface area contributed by atoms with Gasteiger partial charge in [0.2, 0.25) is 0 Å². The highest BCUT2D eigenvalue weighted by molar-refractivity contribution is 6.23. The molecule has 0 N–H and O–H groups in total. The summed E-state index contributed by atoms with van der Waals surface area (Å²) in [5.74, 6) is 0. The first-order valence-electron chi connectivity index (χ1n) is 15.8. The zero-order valence-corrected chi connectivity index (χ0v) is 25.2. The minimum absolute atomic E-state index is 0.977. The first-order chi connectivity index (χ1) is 22.9. The molecule has 1 heterocycles. The van der Waals surface area contributed by atoms with Crippen molar-refractivity contribution in [3.63, 3.8) is 0 Å². The summed E-state index contributed by atoms with van der Waals surface area (Å²) in [6.45, 7) is 0. The van der Waals surface area contributed by atoms with Gasteiger partial charge in [-0.3, -0.25) is 0 Å². The summed E-state index contributed by atoms with van der Waals surface area (Å²) in [5, 5.41) is 9.77. The number of fused-ring (bicyclic) bond motifs is 4. The highest BCUT2D eigenvalue weighted by Crippen LogP contribution is 2.46. The van der Waals surface area contributed by atoms with Crippen LogP contribution in [0, 0.1) is 0 Å². The van der Waals surface area contributed by atoms with Crippen molar-refractivity contribution in [1.29, 1.82) is 0 Å². The molecule has 0 aliphatic rings. The monoisotopic (exact) mass is 583 g/mol. The van der Waals surface area contributed by atoms with E-state index in [0.717, 1.165) is 11.4 Å². The van der Waals surface area contributed by atoms with Crippen LogP contribution in [-0.4, -0.2) is 4.98 Å². The van der Waals surface area contributed by atoms with Gasteiger partial charge >= 0.3 is 0 Å². The number of benzene rings is 8. The Balaban J connectivity index is 1.35. The minimum Gasteiger partial charge on any atom is -0.248 e. The van der Waals surface area contributed by atoms with Crippen LogP contribution in [0.4, 0.5) is 0 Å². The second-order valence-electron chi connectivity index (χ2n) is 11.8. The SMILES string of the molecule is c1ccc(-c2c3ccccc3c(-c3cccc(-c4c5ccccc5c(-c5ccccc5)c5ccccc45)n3)c3ccccc23)cc1. The molecule has 0 saturated heterocycles. The topological polar surface area (TPSA) is 12.9 Å². The number of pyridine rings is 1. The Morgan fingerprint density at radius 1 is 0.217 bits per heavy atom. The second kappa shape index (κ2) is 10.8. The van der Waals surface area contributed by atoms with Crippen LogP contribution in [0.1, 0.15) is 0 Å². The fourth-order valence-electron chi connectivity index (χ4n) is 7.35. The summed E-state index contributed by atoms with van der Waals surface area (Å²) in [5.41, 5.74) is 9.26. The molecule has 0 atom stereocenters. The molecule has 0 fully saturated rings. The van der Waals surface area contributed by atoms with Gasteiger partial charge < -0.3 is 0 Å². The quantitative estimate of drug-likeness (QED) is 0.188. The van der Waals surface area contributed by atoms with E-state index in [1.165, 1.54) is 76.5 Å². The van der Waals surface area contributed by atoms with Gasteiger partial charge in [0.25, 0.3) is 0 Å². The first kappa shape index (κ1) is 26.4. The lowest BCUT2D eigenvalue weighted by Gasteiger charge is -2.19. The van der Waals surface area contributed by atoms with Gasteiger partial charge in [0, 0.05) is 11.1 Å². The number of hydrogen-bond acceptors (Lipinski definition) is 1. The van der Waals surface area contributed by atoms with Crippen molar-refractivity contribution < 1.29 is 0 Å². The lowest BCUT2D eigenvalue weighted by Crippen LogP contribution is -1.95. The van der Waals surface area contributed by atoms with Crippen molar-refractivity contribution in [2.24, 2.45) is 0 Å². The Bertz CT molecular complexity index is 2270. The smallest absolute Gasteiger partial charge is 0.0722 e. The molecule has 8 aromatic carbocycles. The van der Waals surface area contributed by atoms with Crippen molar-refractivity contribution >= 4 is 43.1 Å². The normalized spacial score (nSPS) is 11.5. The third-order valence-corrected chi connectivity index (χ3v) is 9.25. The molecular formula is C45H29N. The van der Waals surface area contributed by atoms with Gasteiger partial charge in [-0.2, -0.15) is 0 Å². The van der Waals surface area contributed by atoms with Gasteiger partial charge in [-0.1, -0.05) is 164 Å². The maximum atomic E-state index is 5.52. The summed E-state index contributed by atoms with van der Waals surface area (Å²) in [6.07, 6.45) is 0. The molecule has 1 aromatic heterocycles.